The summed E-state index contributed by atoms with van der Waals surface area (Å²) in [5.74, 6) is 1.96. The number of aryl methyl sites for hydroxylation is 2. The third-order valence-corrected chi connectivity index (χ3v) is 4.43. The fourth-order valence-electron chi connectivity index (χ4n) is 3.20. The number of imidazole rings is 1. The van der Waals surface area contributed by atoms with Crippen molar-refractivity contribution in [2.24, 2.45) is 20.0 Å². The maximum Gasteiger partial charge on any atom is 0.108 e. The Morgan fingerprint density at radius 3 is 2.85 bits per heavy atom. The summed E-state index contributed by atoms with van der Waals surface area (Å²) in [6.45, 7) is 3.49. The molecule has 0 amide bonds. The normalized spacial score (nSPS) is 20.4. The monoisotopic (exact) mass is 272 g/mol. The molecule has 2 aromatic heterocycles. The van der Waals surface area contributed by atoms with Crippen molar-refractivity contribution < 1.29 is 0 Å². The van der Waals surface area contributed by atoms with E-state index in [1.165, 1.54) is 37.4 Å². The molecule has 108 valence electrons. The lowest BCUT2D eigenvalue weighted by Gasteiger charge is -2.32. The van der Waals surface area contributed by atoms with Gasteiger partial charge in [0.1, 0.15) is 5.82 Å². The molecule has 20 heavy (non-hydrogen) atoms. The molecular formula is C16H24N4. The number of likely N-dealkylation sites (tertiary alicyclic amines) is 1. The van der Waals surface area contributed by atoms with E-state index in [4.69, 9.17) is 0 Å². The van der Waals surface area contributed by atoms with E-state index in [1.807, 2.05) is 12.4 Å². The van der Waals surface area contributed by atoms with Crippen LogP contribution in [-0.2, 0) is 27.1 Å². The van der Waals surface area contributed by atoms with Gasteiger partial charge in [0.05, 0.1) is 0 Å². The number of piperidine rings is 1. The maximum atomic E-state index is 4.47. The zero-order chi connectivity index (χ0) is 13.9. The predicted molar refractivity (Wildman–Crippen MR) is 80.3 cm³/mol. The molecule has 3 rings (SSSR count). The molecule has 0 radical (unpaired) electrons. The molecule has 1 aliphatic heterocycles. The Bertz CT molecular complexity index is 506. The van der Waals surface area contributed by atoms with Gasteiger partial charge in [-0.15, -0.1) is 0 Å². The van der Waals surface area contributed by atoms with Gasteiger partial charge in [-0.05, 0) is 37.4 Å². The molecule has 4 nitrogen and oxygen atoms in total. The molecule has 4 heteroatoms. The molecule has 0 spiro atoms. The van der Waals surface area contributed by atoms with E-state index in [9.17, 15) is 0 Å². The summed E-state index contributed by atoms with van der Waals surface area (Å²) in [4.78, 5) is 7.05. The van der Waals surface area contributed by atoms with Crippen LogP contribution in [0, 0.1) is 5.92 Å². The minimum absolute atomic E-state index is 0.741. The number of hydrogen-bond donors (Lipinski definition) is 0. The SMILES string of the molecule is Cn1cccc1CN1CCCC(Cc2nccn2C)C1. The molecule has 0 N–H and O–H groups in total. The average Bonchev–Trinajstić information content (AvgIpc) is 3.01. The van der Waals surface area contributed by atoms with Crippen LogP contribution in [0.4, 0.5) is 0 Å². The van der Waals surface area contributed by atoms with E-state index in [2.05, 4.69) is 51.4 Å². The summed E-state index contributed by atoms with van der Waals surface area (Å²) in [5.41, 5.74) is 1.41. The Kier molecular flexibility index (Phi) is 3.92. The Hall–Kier alpha value is -1.55. The average molecular weight is 272 g/mol. The Morgan fingerprint density at radius 2 is 2.15 bits per heavy atom. The van der Waals surface area contributed by atoms with Crippen LogP contribution in [-0.4, -0.2) is 32.1 Å². The molecule has 0 aromatic carbocycles. The lowest BCUT2D eigenvalue weighted by atomic mass is 9.94. The smallest absolute Gasteiger partial charge is 0.108 e. The molecule has 0 bridgehead atoms. The molecule has 2 aromatic rings. The quantitative estimate of drug-likeness (QED) is 0.853. The summed E-state index contributed by atoms with van der Waals surface area (Å²) < 4.78 is 4.37. The van der Waals surface area contributed by atoms with Gasteiger partial charge >= 0.3 is 0 Å². The number of nitrogens with zero attached hydrogens (tertiary/aromatic N) is 4. The molecule has 3 heterocycles. The standard InChI is InChI=1S/C16H24N4/c1-18-8-4-6-15(18)13-20-9-3-5-14(12-20)11-16-17-7-10-19(16)2/h4,6-8,10,14H,3,5,9,11-13H2,1-2H3. The zero-order valence-electron chi connectivity index (χ0n) is 12.5. The lowest BCUT2D eigenvalue weighted by Crippen LogP contribution is -2.36. The zero-order valence-corrected chi connectivity index (χ0v) is 12.5. The number of aromatic nitrogens is 3. The Morgan fingerprint density at radius 1 is 1.25 bits per heavy atom. The maximum absolute atomic E-state index is 4.47. The minimum Gasteiger partial charge on any atom is -0.353 e. The molecule has 0 aliphatic carbocycles. The van der Waals surface area contributed by atoms with Gasteiger partial charge in [-0.1, -0.05) is 0 Å². The van der Waals surface area contributed by atoms with Gasteiger partial charge in [0.15, 0.2) is 0 Å². The van der Waals surface area contributed by atoms with Crippen LogP contribution in [0.2, 0.25) is 0 Å². The van der Waals surface area contributed by atoms with Gasteiger partial charge < -0.3 is 9.13 Å². The molecule has 1 aliphatic rings. The highest BCUT2D eigenvalue weighted by molar-refractivity contribution is 5.06. The van der Waals surface area contributed by atoms with Crippen molar-refractivity contribution in [1.82, 2.24) is 19.0 Å². The number of hydrogen-bond acceptors (Lipinski definition) is 2. The minimum atomic E-state index is 0.741. The molecular weight excluding hydrogens is 248 g/mol. The van der Waals surface area contributed by atoms with Crippen molar-refractivity contribution in [3.63, 3.8) is 0 Å². The first-order valence-electron chi connectivity index (χ1n) is 7.51. The molecule has 1 unspecified atom stereocenters. The van der Waals surface area contributed by atoms with Crippen LogP contribution in [0.15, 0.2) is 30.7 Å². The van der Waals surface area contributed by atoms with E-state index in [-0.39, 0.29) is 0 Å². The Labute approximate surface area is 121 Å². The molecule has 1 atom stereocenters. The summed E-state index contributed by atoms with van der Waals surface area (Å²) in [6, 6.07) is 4.35. The molecule has 1 fully saturated rings. The van der Waals surface area contributed by atoms with Crippen LogP contribution in [0.5, 0.6) is 0 Å². The van der Waals surface area contributed by atoms with E-state index in [0.29, 0.717) is 0 Å². The van der Waals surface area contributed by atoms with Crippen LogP contribution in [0.3, 0.4) is 0 Å². The highest BCUT2D eigenvalue weighted by Crippen LogP contribution is 2.21. The fraction of sp³-hybridized carbons (Fsp3) is 0.562. The van der Waals surface area contributed by atoms with Crippen molar-refractivity contribution in [3.05, 3.63) is 42.2 Å². The van der Waals surface area contributed by atoms with Gasteiger partial charge in [-0.2, -0.15) is 0 Å². The van der Waals surface area contributed by atoms with Crippen molar-refractivity contribution in [3.8, 4) is 0 Å². The second kappa shape index (κ2) is 5.83. The summed E-state index contributed by atoms with van der Waals surface area (Å²) in [6.07, 6.45) is 9.81. The van der Waals surface area contributed by atoms with E-state index >= 15 is 0 Å². The van der Waals surface area contributed by atoms with Crippen molar-refractivity contribution in [2.75, 3.05) is 13.1 Å². The first-order chi connectivity index (χ1) is 9.72. The first kappa shape index (κ1) is 13.4. The predicted octanol–water partition coefficient (Wildman–Crippen LogP) is 2.21. The van der Waals surface area contributed by atoms with Crippen molar-refractivity contribution in [2.45, 2.75) is 25.8 Å². The van der Waals surface area contributed by atoms with Crippen molar-refractivity contribution >= 4 is 0 Å². The van der Waals surface area contributed by atoms with Crippen molar-refractivity contribution in [1.29, 1.82) is 0 Å². The second-order valence-electron chi connectivity index (χ2n) is 6.01. The molecule has 1 saturated heterocycles. The third-order valence-electron chi connectivity index (χ3n) is 4.43. The van der Waals surface area contributed by atoms with Crippen LogP contribution in [0.25, 0.3) is 0 Å². The topological polar surface area (TPSA) is 26.0 Å². The van der Waals surface area contributed by atoms with Crippen LogP contribution < -0.4 is 0 Å². The van der Waals surface area contributed by atoms with Crippen LogP contribution >= 0.6 is 0 Å². The van der Waals surface area contributed by atoms with Gasteiger partial charge in [0, 0.05) is 57.9 Å². The highest BCUT2D eigenvalue weighted by atomic mass is 15.1. The van der Waals surface area contributed by atoms with Gasteiger partial charge in [0.2, 0.25) is 0 Å². The lowest BCUT2D eigenvalue weighted by molar-refractivity contribution is 0.162. The van der Waals surface area contributed by atoms with E-state index in [0.717, 1.165) is 18.9 Å². The van der Waals surface area contributed by atoms with Gasteiger partial charge in [-0.25, -0.2) is 4.98 Å². The number of rotatable bonds is 4. The molecule has 0 saturated carbocycles. The van der Waals surface area contributed by atoms with Gasteiger partial charge in [-0.3, -0.25) is 4.90 Å². The summed E-state index contributed by atoms with van der Waals surface area (Å²) >= 11 is 0. The van der Waals surface area contributed by atoms with E-state index in [1.54, 1.807) is 0 Å². The summed E-state index contributed by atoms with van der Waals surface area (Å²) in [5, 5.41) is 0. The fourth-order valence-corrected chi connectivity index (χ4v) is 3.20. The third kappa shape index (κ3) is 2.96. The second-order valence-corrected chi connectivity index (χ2v) is 6.01. The van der Waals surface area contributed by atoms with Crippen LogP contribution in [0.1, 0.15) is 24.4 Å². The largest absolute Gasteiger partial charge is 0.353 e. The van der Waals surface area contributed by atoms with Gasteiger partial charge in [0.25, 0.3) is 0 Å². The van der Waals surface area contributed by atoms with E-state index < -0.39 is 0 Å². The Balaban J connectivity index is 1.59. The summed E-state index contributed by atoms with van der Waals surface area (Å²) in [7, 11) is 4.22. The highest BCUT2D eigenvalue weighted by Gasteiger charge is 2.21. The first-order valence-corrected chi connectivity index (χ1v) is 7.51.